The maximum atomic E-state index is 11.1. The molecule has 0 atom stereocenters. The first kappa shape index (κ1) is 12.8. The predicted octanol–water partition coefficient (Wildman–Crippen LogP) is 0.794. The minimum absolute atomic E-state index is 0.200. The number of anilines is 2. The van der Waals surface area contributed by atoms with Gasteiger partial charge >= 0.3 is 0 Å². The molecule has 6 nitrogen and oxygen atoms in total. The molecular weight excluding hydrogens is 242 g/mol. The highest BCUT2D eigenvalue weighted by atomic mass is 16.1. The zero-order valence-corrected chi connectivity index (χ0v) is 10.6. The van der Waals surface area contributed by atoms with E-state index in [0.29, 0.717) is 18.1 Å². The van der Waals surface area contributed by atoms with Gasteiger partial charge in [0.15, 0.2) is 5.82 Å². The van der Waals surface area contributed by atoms with Crippen LogP contribution in [0.2, 0.25) is 0 Å². The Morgan fingerprint density at radius 1 is 1.26 bits per heavy atom. The largest absolute Gasteiger partial charge is 0.396 e. The first-order valence-electron chi connectivity index (χ1n) is 5.74. The molecule has 0 aromatic carbocycles. The van der Waals surface area contributed by atoms with Crippen LogP contribution in [0.1, 0.15) is 16.1 Å². The highest BCUT2D eigenvalue weighted by Crippen LogP contribution is 2.21. The summed E-state index contributed by atoms with van der Waals surface area (Å²) in [5.41, 5.74) is 12.9. The summed E-state index contributed by atoms with van der Waals surface area (Å²) in [7, 11) is 1.85. The molecule has 0 aliphatic heterocycles. The lowest BCUT2D eigenvalue weighted by atomic mass is 10.2. The quantitative estimate of drug-likeness (QED) is 0.844. The topological polar surface area (TPSA) is 98.1 Å². The van der Waals surface area contributed by atoms with Gasteiger partial charge in [0.2, 0.25) is 0 Å². The van der Waals surface area contributed by atoms with Crippen LogP contribution in [0.5, 0.6) is 0 Å². The van der Waals surface area contributed by atoms with E-state index in [-0.39, 0.29) is 5.69 Å². The summed E-state index contributed by atoms with van der Waals surface area (Å²) in [4.78, 5) is 21.1. The molecule has 0 aliphatic carbocycles. The van der Waals surface area contributed by atoms with Crippen LogP contribution in [0.4, 0.5) is 11.5 Å². The third-order valence-corrected chi connectivity index (χ3v) is 2.69. The van der Waals surface area contributed by atoms with E-state index >= 15 is 0 Å². The molecule has 2 aromatic heterocycles. The maximum Gasteiger partial charge on any atom is 0.267 e. The molecule has 0 unspecified atom stereocenters. The van der Waals surface area contributed by atoms with Crippen molar-refractivity contribution >= 4 is 17.4 Å². The molecule has 19 heavy (non-hydrogen) atoms. The van der Waals surface area contributed by atoms with Gasteiger partial charge in [-0.25, -0.2) is 4.98 Å². The molecule has 0 saturated carbocycles. The molecule has 0 aliphatic rings. The van der Waals surface area contributed by atoms with E-state index in [1.54, 1.807) is 18.5 Å². The van der Waals surface area contributed by atoms with Crippen LogP contribution in [0.3, 0.4) is 0 Å². The third kappa shape index (κ3) is 2.98. The summed E-state index contributed by atoms with van der Waals surface area (Å²) in [5, 5.41) is 0. The first-order chi connectivity index (χ1) is 9.08. The molecule has 4 N–H and O–H groups in total. The predicted molar refractivity (Wildman–Crippen MR) is 73.5 cm³/mol. The Morgan fingerprint density at radius 3 is 2.58 bits per heavy atom. The lowest BCUT2D eigenvalue weighted by Crippen LogP contribution is -2.21. The Hall–Kier alpha value is -2.63. The standard InChI is InChI=1S/C13H15N5O/c1-18(8-9-4-6-16-7-5-9)13-10(14)2-3-11(17-13)12(15)19/h2-7H,8,14H2,1H3,(H2,15,19). The Morgan fingerprint density at radius 2 is 1.95 bits per heavy atom. The second-order valence-electron chi connectivity index (χ2n) is 4.19. The van der Waals surface area contributed by atoms with Crippen molar-refractivity contribution in [3.63, 3.8) is 0 Å². The molecule has 0 spiro atoms. The fourth-order valence-electron chi connectivity index (χ4n) is 1.74. The van der Waals surface area contributed by atoms with Crippen LogP contribution in [0.25, 0.3) is 0 Å². The average Bonchev–Trinajstić information content (AvgIpc) is 2.40. The van der Waals surface area contributed by atoms with Crippen LogP contribution < -0.4 is 16.4 Å². The van der Waals surface area contributed by atoms with E-state index in [1.807, 2.05) is 24.1 Å². The number of hydrogen-bond donors (Lipinski definition) is 2. The monoisotopic (exact) mass is 257 g/mol. The van der Waals surface area contributed by atoms with Crippen LogP contribution in [0, 0.1) is 0 Å². The molecule has 2 rings (SSSR count). The van der Waals surface area contributed by atoms with Crippen molar-refractivity contribution < 1.29 is 4.79 Å². The van der Waals surface area contributed by atoms with Crippen molar-refractivity contribution in [2.45, 2.75) is 6.54 Å². The number of pyridine rings is 2. The first-order valence-corrected chi connectivity index (χ1v) is 5.74. The number of nitrogens with two attached hydrogens (primary N) is 2. The summed E-state index contributed by atoms with van der Waals surface area (Å²) in [6.07, 6.45) is 3.44. The summed E-state index contributed by atoms with van der Waals surface area (Å²) < 4.78 is 0. The molecule has 98 valence electrons. The van der Waals surface area contributed by atoms with E-state index in [2.05, 4.69) is 9.97 Å². The highest BCUT2D eigenvalue weighted by Gasteiger charge is 2.11. The van der Waals surface area contributed by atoms with Gasteiger partial charge in [-0.1, -0.05) is 0 Å². The van der Waals surface area contributed by atoms with Gasteiger partial charge in [0.1, 0.15) is 5.69 Å². The summed E-state index contributed by atoms with van der Waals surface area (Å²) in [6.45, 7) is 0.613. The van der Waals surface area contributed by atoms with Gasteiger partial charge in [-0.2, -0.15) is 0 Å². The minimum Gasteiger partial charge on any atom is -0.396 e. The van der Waals surface area contributed by atoms with Crippen molar-refractivity contribution in [1.29, 1.82) is 0 Å². The fourth-order valence-corrected chi connectivity index (χ4v) is 1.74. The Kier molecular flexibility index (Phi) is 3.61. The molecule has 2 heterocycles. The summed E-state index contributed by atoms with van der Waals surface area (Å²) in [6, 6.07) is 6.96. The van der Waals surface area contributed by atoms with Crippen molar-refractivity contribution in [1.82, 2.24) is 9.97 Å². The molecule has 0 bridgehead atoms. The normalized spacial score (nSPS) is 10.2. The number of nitrogens with zero attached hydrogens (tertiary/aromatic N) is 3. The number of aromatic nitrogens is 2. The Labute approximate surface area is 111 Å². The summed E-state index contributed by atoms with van der Waals surface area (Å²) in [5.74, 6) is -0.0355. The molecule has 0 fully saturated rings. The number of carbonyl (C=O) groups excluding carboxylic acids is 1. The lowest BCUT2D eigenvalue weighted by molar-refractivity contribution is 0.0995. The molecular formula is C13H15N5O. The molecule has 0 saturated heterocycles. The van der Waals surface area contributed by atoms with Gasteiger partial charge in [-0.15, -0.1) is 0 Å². The average molecular weight is 257 g/mol. The lowest BCUT2D eigenvalue weighted by Gasteiger charge is -2.20. The summed E-state index contributed by atoms with van der Waals surface area (Å²) >= 11 is 0. The number of primary amides is 1. The number of carbonyl (C=O) groups is 1. The minimum atomic E-state index is -0.571. The van der Waals surface area contributed by atoms with Gasteiger partial charge in [0.25, 0.3) is 5.91 Å². The third-order valence-electron chi connectivity index (χ3n) is 2.69. The fraction of sp³-hybridized carbons (Fsp3) is 0.154. The van der Waals surface area contributed by atoms with E-state index in [4.69, 9.17) is 11.5 Å². The van der Waals surface area contributed by atoms with E-state index in [9.17, 15) is 4.79 Å². The molecule has 0 radical (unpaired) electrons. The van der Waals surface area contributed by atoms with Gasteiger partial charge < -0.3 is 16.4 Å². The van der Waals surface area contributed by atoms with E-state index in [0.717, 1.165) is 5.56 Å². The SMILES string of the molecule is CN(Cc1ccncc1)c1nc(C(N)=O)ccc1N. The van der Waals surface area contributed by atoms with Gasteiger partial charge in [0, 0.05) is 26.0 Å². The van der Waals surface area contributed by atoms with Crippen LogP contribution in [-0.4, -0.2) is 22.9 Å². The van der Waals surface area contributed by atoms with Crippen molar-refractivity contribution in [3.8, 4) is 0 Å². The zero-order chi connectivity index (χ0) is 13.8. The number of amides is 1. The number of hydrogen-bond acceptors (Lipinski definition) is 5. The van der Waals surface area contributed by atoms with Crippen LogP contribution >= 0.6 is 0 Å². The molecule has 1 amide bonds. The van der Waals surface area contributed by atoms with Crippen molar-refractivity contribution in [2.75, 3.05) is 17.7 Å². The second-order valence-corrected chi connectivity index (χ2v) is 4.19. The zero-order valence-electron chi connectivity index (χ0n) is 10.6. The van der Waals surface area contributed by atoms with Crippen LogP contribution in [-0.2, 0) is 6.54 Å². The highest BCUT2D eigenvalue weighted by molar-refractivity contribution is 5.91. The van der Waals surface area contributed by atoms with Gasteiger partial charge in [-0.05, 0) is 29.8 Å². The smallest absolute Gasteiger partial charge is 0.267 e. The van der Waals surface area contributed by atoms with Crippen molar-refractivity contribution in [3.05, 3.63) is 47.9 Å². The van der Waals surface area contributed by atoms with E-state index in [1.165, 1.54) is 6.07 Å². The van der Waals surface area contributed by atoms with Gasteiger partial charge in [-0.3, -0.25) is 9.78 Å². The Balaban J connectivity index is 2.25. The Bertz CT molecular complexity index is 585. The number of rotatable bonds is 4. The van der Waals surface area contributed by atoms with Crippen molar-refractivity contribution in [2.24, 2.45) is 5.73 Å². The molecule has 6 heteroatoms. The van der Waals surface area contributed by atoms with Gasteiger partial charge in [0.05, 0.1) is 5.69 Å². The molecule has 2 aromatic rings. The van der Waals surface area contributed by atoms with E-state index < -0.39 is 5.91 Å². The maximum absolute atomic E-state index is 11.1. The van der Waals surface area contributed by atoms with Crippen LogP contribution in [0.15, 0.2) is 36.7 Å². The number of nitrogen functional groups attached to an aromatic ring is 1. The second kappa shape index (κ2) is 5.34.